The highest BCUT2D eigenvalue weighted by atomic mass is 16.3. The molecule has 0 aliphatic heterocycles. The molecule has 0 bridgehead atoms. The first-order chi connectivity index (χ1) is 8.66. The summed E-state index contributed by atoms with van der Waals surface area (Å²) in [5.41, 5.74) is 0.211. The van der Waals surface area contributed by atoms with Crippen LogP contribution in [-0.4, -0.2) is 33.6 Å². The van der Waals surface area contributed by atoms with Crippen molar-refractivity contribution in [2.75, 3.05) is 6.54 Å². The van der Waals surface area contributed by atoms with Crippen LogP contribution >= 0.6 is 0 Å². The highest BCUT2D eigenvalue weighted by Gasteiger charge is 2.37. The second-order valence-electron chi connectivity index (χ2n) is 5.31. The van der Waals surface area contributed by atoms with E-state index >= 15 is 0 Å². The summed E-state index contributed by atoms with van der Waals surface area (Å²) in [6, 6.07) is 4.87. The number of carbonyl (C=O) groups is 1. The number of phenols is 2. The number of benzene rings is 1. The summed E-state index contributed by atoms with van der Waals surface area (Å²) < 4.78 is 0. The number of phenolic OH excluding ortho intramolecular Hbond substituents is 2. The van der Waals surface area contributed by atoms with Gasteiger partial charge < -0.3 is 15.1 Å². The molecule has 4 nitrogen and oxygen atoms in total. The van der Waals surface area contributed by atoms with Crippen LogP contribution in [0.2, 0.25) is 0 Å². The molecule has 96 valence electrons. The van der Waals surface area contributed by atoms with Crippen molar-refractivity contribution < 1.29 is 15.0 Å². The van der Waals surface area contributed by atoms with Crippen LogP contribution in [0.25, 0.3) is 0 Å². The summed E-state index contributed by atoms with van der Waals surface area (Å²) in [5.74, 6) is -0.0567. The topological polar surface area (TPSA) is 60.8 Å². The van der Waals surface area contributed by atoms with E-state index in [0.717, 1.165) is 19.4 Å². The molecular weight excluding hydrogens is 230 g/mol. The van der Waals surface area contributed by atoms with E-state index in [2.05, 4.69) is 0 Å². The van der Waals surface area contributed by atoms with E-state index < -0.39 is 0 Å². The van der Waals surface area contributed by atoms with Crippen LogP contribution in [0.5, 0.6) is 11.5 Å². The lowest BCUT2D eigenvalue weighted by Crippen LogP contribution is -2.34. The first-order valence-electron chi connectivity index (χ1n) is 6.48. The SMILES string of the molecule is O=C(c1cccc(O)c1O)N(CC1CC1)C1CC1. The first-order valence-corrected chi connectivity index (χ1v) is 6.48. The number of amides is 1. The molecule has 2 fully saturated rings. The van der Waals surface area contributed by atoms with Crippen molar-refractivity contribution in [2.45, 2.75) is 31.7 Å². The van der Waals surface area contributed by atoms with E-state index in [1.54, 1.807) is 12.1 Å². The van der Waals surface area contributed by atoms with Crippen LogP contribution in [0.1, 0.15) is 36.0 Å². The molecule has 0 radical (unpaired) electrons. The van der Waals surface area contributed by atoms with E-state index in [-0.39, 0.29) is 23.0 Å². The third-order valence-electron chi connectivity index (χ3n) is 3.65. The molecule has 0 heterocycles. The van der Waals surface area contributed by atoms with E-state index in [4.69, 9.17) is 0 Å². The molecule has 1 aromatic carbocycles. The minimum atomic E-state index is -0.302. The van der Waals surface area contributed by atoms with Gasteiger partial charge in [0.2, 0.25) is 0 Å². The quantitative estimate of drug-likeness (QED) is 0.801. The van der Waals surface area contributed by atoms with Gasteiger partial charge in [-0.15, -0.1) is 0 Å². The number of hydrogen-bond acceptors (Lipinski definition) is 3. The standard InChI is InChI=1S/C14H17NO3/c16-12-3-1-2-11(13(12)17)14(18)15(10-6-7-10)8-9-4-5-9/h1-3,9-10,16-17H,4-8H2. The number of hydrogen-bond donors (Lipinski definition) is 2. The van der Waals surface area contributed by atoms with E-state index in [9.17, 15) is 15.0 Å². The Morgan fingerprint density at radius 1 is 1.22 bits per heavy atom. The van der Waals surface area contributed by atoms with Gasteiger partial charge in [0, 0.05) is 12.6 Å². The van der Waals surface area contributed by atoms with Crippen LogP contribution < -0.4 is 0 Å². The Labute approximate surface area is 106 Å². The van der Waals surface area contributed by atoms with Crippen LogP contribution in [0, 0.1) is 5.92 Å². The summed E-state index contributed by atoms with van der Waals surface area (Å²) in [5, 5.41) is 19.2. The zero-order chi connectivity index (χ0) is 12.7. The fourth-order valence-corrected chi connectivity index (χ4v) is 2.22. The summed E-state index contributed by atoms with van der Waals surface area (Å²) in [7, 11) is 0. The van der Waals surface area contributed by atoms with Crippen molar-refractivity contribution >= 4 is 5.91 Å². The summed E-state index contributed by atoms with van der Waals surface area (Å²) in [6.45, 7) is 0.790. The van der Waals surface area contributed by atoms with Gasteiger partial charge in [-0.2, -0.15) is 0 Å². The minimum absolute atomic E-state index is 0.155. The first kappa shape index (κ1) is 11.4. The Morgan fingerprint density at radius 2 is 1.94 bits per heavy atom. The highest BCUT2D eigenvalue weighted by Crippen LogP contribution is 2.37. The lowest BCUT2D eigenvalue weighted by atomic mass is 10.1. The summed E-state index contributed by atoms with van der Waals surface area (Å²) in [6.07, 6.45) is 4.50. The van der Waals surface area contributed by atoms with Gasteiger partial charge in [-0.1, -0.05) is 6.07 Å². The average molecular weight is 247 g/mol. The van der Waals surface area contributed by atoms with Gasteiger partial charge in [-0.3, -0.25) is 4.79 Å². The molecule has 1 aromatic rings. The number of rotatable bonds is 4. The van der Waals surface area contributed by atoms with Gasteiger partial charge in [0.25, 0.3) is 5.91 Å². The third-order valence-corrected chi connectivity index (χ3v) is 3.65. The highest BCUT2D eigenvalue weighted by molar-refractivity contribution is 5.98. The van der Waals surface area contributed by atoms with Gasteiger partial charge in [0.15, 0.2) is 11.5 Å². The van der Waals surface area contributed by atoms with Gasteiger partial charge >= 0.3 is 0 Å². The number of aromatic hydroxyl groups is 2. The zero-order valence-electron chi connectivity index (χ0n) is 10.2. The van der Waals surface area contributed by atoms with Crippen LogP contribution in [-0.2, 0) is 0 Å². The Balaban J connectivity index is 1.84. The molecule has 4 heteroatoms. The number of nitrogens with zero attached hydrogens (tertiary/aromatic N) is 1. The number of carbonyl (C=O) groups excluding carboxylic acids is 1. The second kappa shape index (κ2) is 4.19. The van der Waals surface area contributed by atoms with Crippen molar-refractivity contribution in [1.82, 2.24) is 4.90 Å². The Morgan fingerprint density at radius 3 is 2.56 bits per heavy atom. The maximum atomic E-state index is 12.4. The van der Waals surface area contributed by atoms with E-state index in [0.29, 0.717) is 12.0 Å². The average Bonchev–Trinajstić information content (AvgIpc) is 3.22. The van der Waals surface area contributed by atoms with Gasteiger partial charge in [0.1, 0.15) is 0 Å². The van der Waals surface area contributed by atoms with Crippen LogP contribution in [0.3, 0.4) is 0 Å². The van der Waals surface area contributed by atoms with Crippen molar-refractivity contribution in [1.29, 1.82) is 0 Å². The molecule has 18 heavy (non-hydrogen) atoms. The zero-order valence-corrected chi connectivity index (χ0v) is 10.2. The molecule has 0 atom stereocenters. The molecule has 3 rings (SSSR count). The molecule has 2 aliphatic rings. The summed E-state index contributed by atoms with van der Waals surface area (Å²) >= 11 is 0. The molecule has 0 aromatic heterocycles. The van der Waals surface area contributed by atoms with E-state index in [1.807, 2.05) is 4.90 Å². The van der Waals surface area contributed by atoms with Crippen molar-refractivity contribution in [3.05, 3.63) is 23.8 Å². The Hall–Kier alpha value is -1.71. The molecule has 0 spiro atoms. The largest absolute Gasteiger partial charge is 0.504 e. The van der Waals surface area contributed by atoms with Crippen LogP contribution in [0.4, 0.5) is 0 Å². The lowest BCUT2D eigenvalue weighted by molar-refractivity contribution is 0.0731. The smallest absolute Gasteiger partial charge is 0.258 e. The van der Waals surface area contributed by atoms with Crippen molar-refractivity contribution in [3.63, 3.8) is 0 Å². The van der Waals surface area contributed by atoms with Crippen molar-refractivity contribution in [3.8, 4) is 11.5 Å². The normalized spacial score (nSPS) is 18.7. The Kier molecular flexibility index (Phi) is 2.65. The lowest BCUT2D eigenvalue weighted by Gasteiger charge is -2.22. The Bertz CT molecular complexity index is 478. The summed E-state index contributed by atoms with van der Waals surface area (Å²) in [4.78, 5) is 14.3. The van der Waals surface area contributed by atoms with Crippen LogP contribution in [0.15, 0.2) is 18.2 Å². The minimum Gasteiger partial charge on any atom is -0.504 e. The van der Waals surface area contributed by atoms with E-state index in [1.165, 1.54) is 18.9 Å². The molecule has 0 saturated heterocycles. The monoisotopic (exact) mass is 247 g/mol. The number of para-hydroxylation sites is 1. The van der Waals surface area contributed by atoms with Crippen molar-refractivity contribution in [2.24, 2.45) is 5.92 Å². The molecule has 2 saturated carbocycles. The molecule has 2 N–H and O–H groups in total. The second-order valence-corrected chi connectivity index (χ2v) is 5.31. The third kappa shape index (κ3) is 2.15. The molecule has 1 amide bonds. The predicted octanol–water partition coefficient (Wildman–Crippen LogP) is 2.11. The maximum Gasteiger partial charge on any atom is 0.258 e. The molecular formula is C14H17NO3. The fraction of sp³-hybridized carbons (Fsp3) is 0.500. The molecule has 2 aliphatic carbocycles. The maximum absolute atomic E-state index is 12.4. The van der Waals surface area contributed by atoms with Gasteiger partial charge in [-0.05, 0) is 43.7 Å². The predicted molar refractivity (Wildman–Crippen MR) is 66.6 cm³/mol. The molecule has 0 unspecified atom stereocenters. The fourth-order valence-electron chi connectivity index (χ4n) is 2.22. The van der Waals surface area contributed by atoms with Gasteiger partial charge in [-0.25, -0.2) is 0 Å². The van der Waals surface area contributed by atoms with Gasteiger partial charge in [0.05, 0.1) is 5.56 Å².